The number of nitrogens with one attached hydrogen (secondary N) is 1. The predicted octanol–water partition coefficient (Wildman–Crippen LogP) is 4.60. The van der Waals surface area contributed by atoms with E-state index in [1.165, 1.54) is 5.56 Å². The molecule has 0 spiro atoms. The van der Waals surface area contributed by atoms with E-state index in [9.17, 15) is 4.79 Å². The molecule has 0 fully saturated rings. The maximum atomic E-state index is 11.9. The molecule has 114 valence electrons. The van der Waals surface area contributed by atoms with E-state index in [0.29, 0.717) is 0 Å². The standard InChI is InChI=1S/C19H20BrNO/c1-15(10-11-16-6-3-2-4-7-16)21-19(22)13-12-17-8-5-9-18(20)14-17/h2-9,12-15H,10-11H2,1H3,(H,21,22). The molecule has 1 N–H and O–H groups in total. The molecule has 0 saturated heterocycles. The summed E-state index contributed by atoms with van der Waals surface area (Å²) >= 11 is 3.42. The van der Waals surface area contributed by atoms with Crippen LogP contribution in [0.2, 0.25) is 0 Å². The molecule has 2 aromatic rings. The van der Waals surface area contributed by atoms with Crippen molar-refractivity contribution < 1.29 is 4.79 Å². The zero-order chi connectivity index (χ0) is 15.8. The molecule has 0 aliphatic heterocycles. The van der Waals surface area contributed by atoms with Gasteiger partial charge in [0.1, 0.15) is 0 Å². The minimum Gasteiger partial charge on any atom is -0.350 e. The van der Waals surface area contributed by atoms with Gasteiger partial charge in [-0.25, -0.2) is 0 Å². The van der Waals surface area contributed by atoms with E-state index in [0.717, 1.165) is 22.9 Å². The number of aryl methyl sites for hydroxylation is 1. The van der Waals surface area contributed by atoms with Crippen molar-refractivity contribution in [3.8, 4) is 0 Å². The topological polar surface area (TPSA) is 29.1 Å². The summed E-state index contributed by atoms with van der Waals surface area (Å²) in [5, 5.41) is 3.00. The fourth-order valence-corrected chi connectivity index (χ4v) is 2.59. The first-order valence-corrected chi connectivity index (χ1v) is 8.21. The Balaban J connectivity index is 1.78. The van der Waals surface area contributed by atoms with Gasteiger partial charge in [-0.15, -0.1) is 0 Å². The minimum absolute atomic E-state index is 0.0551. The third-order valence-corrected chi connectivity index (χ3v) is 3.87. The lowest BCUT2D eigenvalue weighted by molar-refractivity contribution is -0.117. The summed E-state index contributed by atoms with van der Waals surface area (Å²) in [5.41, 5.74) is 2.30. The average Bonchev–Trinajstić information content (AvgIpc) is 2.52. The van der Waals surface area contributed by atoms with Crippen molar-refractivity contribution in [2.75, 3.05) is 0 Å². The monoisotopic (exact) mass is 357 g/mol. The van der Waals surface area contributed by atoms with Gasteiger partial charge in [0.05, 0.1) is 0 Å². The number of benzene rings is 2. The smallest absolute Gasteiger partial charge is 0.244 e. The average molecular weight is 358 g/mol. The van der Waals surface area contributed by atoms with Crippen LogP contribution < -0.4 is 5.32 Å². The lowest BCUT2D eigenvalue weighted by Crippen LogP contribution is -2.31. The number of carbonyl (C=O) groups excluding carboxylic acids is 1. The molecule has 0 aromatic heterocycles. The van der Waals surface area contributed by atoms with Gasteiger partial charge in [-0.2, -0.15) is 0 Å². The molecular weight excluding hydrogens is 338 g/mol. The van der Waals surface area contributed by atoms with Gasteiger partial charge in [0.25, 0.3) is 0 Å². The molecule has 2 rings (SSSR count). The van der Waals surface area contributed by atoms with E-state index in [2.05, 4.69) is 33.4 Å². The van der Waals surface area contributed by atoms with Crippen molar-refractivity contribution in [2.24, 2.45) is 0 Å². The van der Waals surface area contributed by atoms with Gasteiger partial charge in [-0.1, -0.05) is 58.4 Å². The molecule has 22 heavy (non-hydrogen) atoms. The van der Waals surface area contributed by atoms with Crippen LogP contribution in [0.15, 0.2) is 65.1 Å². The van der Waals surface area contributed by atoms with Crippen LogP contribution in [0.3, 0.4) is 0 Å². The number of halogens is 1. The third-order valence-electron chi connectivity index (χ3n) is 3.37. The van der Waals surface area contributed by atoms with Gasteiger partial charge in [0.15, 0.2) is 0 Å². The van der Waals surface area contributed by atoms with E-state index in [-0.39, 0.29) is 11.9 Å². The van der Waals surface area contributed by atoms with E-state index >= 15 is 0 Å². The lowest BCUT2D eigenvalue weighted by atomic mass is 10.1. The first-order valence-electron chi connectivity index (χ1n) is 7.41. The van der Waals surface area contributed by atoms with E-state index in [1.54, 1.807) is 6.08 Å². The van der Waals surface area contributed by atoms with E-state index in [4.69, 9.17) is 0 Å². The largest absolute Gasteiger partial charge is 0.350 e. The predicted molar refractivity (Wildman–Crippen MR) is 95.5 cm³/mol. The number of rotatable bonds is 6. The Morgan fingerprint density at radius 2 is 1.95 bits per heavy atom. The van der Waals surface area contributed by atoms with Gasteiger partial charge in [-0.05, 0) is 49.1 Å². The molecule has 2 aromatic carbocycles. The lowest BCUT2D eigenvalue weighted by Gasteiger charge is -2.12. The summed E-state index contributed by atoms with van der Waals surface area (Å²) in [5.74, 6) is -0.0551. The summed E-state index contributed by atoms with van der Waals surface area (Å²) in [6, 6.07) is 18.3. The van der Waals surface area contributed by atoms with Gasteiger partial charge in [-0.3, -0.25) is 4.79 Å². The first kappa shape index (κ1) is 16.5. The summed E-state index contributed by atoms with van der Waals surface area (Å²) in [6.45, 7) is 2.04. The molecule has 1 unspecified atom stereocenters. The highest BCUT2D eigenvalue weighted by molar-refractivity contribution is 9.10. The summed E-state index contributed by atoms with van der Waals surface area (Å²) in [6.07, 6.45) is 5.31. The molecule has 0 heterocycles. The summed E-state index contributed by atoms with van der Waals surface area (Å²) in [7, 11) is 0. The quantitative estimate of drug-likeness (QED) is 0.752. The highest BCUT2D eigenvalue weighted by atomic mass is 79.9. The van der Waals surface area contributed by atoms with Crippen LogP contribution in [0.5, 0.6) is 0 Å². The molecule has 2 nitrogen and oxygen atoms in total. The fourth-order valence-electron chi connectivity index (χ4n) is 2.17. The highest BCUT2D eigenvalue weighted by Crippen LogP contribution is 2.12. The van der Waals surface area contributed by atoms with Gasteiger partial charge < -0.3 is 5.32 Å². The van der Waals surface area contributed by atoms with E-state index in [1.807, 2.05) is 55.5 Å². The SMILES string of the molecule is CC(CCc1ccccc1)NC(=O)C=Cc1cccc(Br)c1. The first-order chi connectivity index (χ1) is 10.6. The Morgan fingerprint density at radius 1 is 1.18 bits per heavy atom. The second-order valence-corrected chi connectivity index (χ2v) is 6.24. The minimum atomic E-state index is -0.0551. The van der Waals surface area contributed by atoms with Crippen molar-refractivity contribution in [2.45, 2.75) is 25.8 Å². The Hall–Kier alpha value is -1.87. The van der Waals surface area contributed by atoms with Crippen molar-refractivity contribution >= 4 is 27.9 Å². The van der Waals surface area contributed by atoms with Crippen LogP contribution in [-0.4, -0.2) is 11.9 Å². The molecule has 0 aliphatic carbocycles. The summed E-state index contributed by atoms with van der Waals surface area (Å²) in [4.78, 5) is 11.9. The van der Waals surface area contributed by atoms with Crippen LogP contribution in [-0.2, 0) is 11.2 Å². The van der Waals surface area contributed by atoms with Crippen LogP contribution in [0.1, 0.15) is 24.5 Å². The number of carbonyl (C=O) groups is 1. The van der Waals surface area contributed by atoms with Gasteiger partial charge in [0, 0.05) is 16.6 Å². The van der Waals surface area contributed by atoms with Crippen molar-refractivity contribution in [1.29, 1.82) is 0 Å². The molecular formula is C19H20BrNO. The Morgan fingerprint density at radius 3 is 2.68 bits per heavy atom. The van der Waals surface area contributed by atoms with Crippen molar-refractivity contribution in [3.05, 3.63) is 76.3 Å². The summed E-state index contributed by atoms with van der Waals surface area (Å²) < 4.78 is 1.01. The fraction of sp³-hybridized carbons (Fsp3) is 0.211. The molecule has 3 heteroatoms. The zero-order valence-corrected chi connectivity index (χ0v) is 14.2. The Labute approximate surface area is 140 Å². The molecule has 0 saturated carbocycles. The number of amides is 1. The van der Waals surface area contributed by atoms with Crippen LogP contribution in [0.4, 0.5) is 0 Å². The van der Waals surface area contributed by atoms with Crippen molar-refractivity contribution in [1.82, 2.24) is 5.32 Å². The van der Waals surface area contributed by atoms with Crippen molar-refractivity contribution in [3.63, 3.8) is 0 Å². The number of hydrogen-bond acceptors (Lipinski definition) is 1. The second-order valence-electron chi connectivity index (χ2n) is 5.32. The van der Waals surface area contributed by atoms with Crippen LogP contribution >= 0.6 is 15.9 Å². The van der Waals surface area contributed by atoms with Crippen LogP contribution in [0.25, 0.3) is 6.08 Å². The molecule has 0 bridgehead atoms. The van der Waals surface area contributed by atoms with Crippen LogP contribution in [0, 0.1) is 0 Å². The molecule has 1 atom stereocenters. The maximum Gasteiger partial charge on any atom is 0.244 e. The van der Waals surface area contributed by atoms with E-state index < -0.39 is 0 Å². The zero-order valence-electron chi connectivity index (χ0n) is 12.6. The maximum absolute atomic E-state index is 11.9. The number of hydrogen-bond donors (Lipinski definition) is 1. The molecule has 1 amide bonds. The van der Waals surface area contributed by atoms with Gasteiger partial charge in [0.2, 0.25) is 5.91 Å². The normalized spacial score (nSPS) is 12.3. The third kappa shape index (κ3) is 5.86. The Kier molecular flexibility index (Phi) is 6.41. The highest BCUT2D eigenvalue weighted by Gasteiger charge is 2.05. The van der Waals surface area contributed by atoms with Gasteiger partial charge >= 0.3 is 0 Å². The second kappa shape index (κ2) is 8.54. The Bertz CT molecular complexity index is 637. The molecule has 0 radical (unpaired) electrons. The molecule has 0 aliphatic rings.